The summed E-state index contributed by atoms with van der Waals surface area (Å²) in [5.74, 6) is 0. The molecule has 0 aliphatic heterocycles. The summed E-state index contributed by atoms with van der Waals surface area (Å²) < 4.78 is 4.94. The first-order valence-electron chi connectivity index (χ1n) is 4.54. The van der Waals surface area contributed by atoms with E-state index in [0.29, 0.717) is 18.1 Å². The number of rotatable bonds is 4. The van der Waals surface area contributed by atoms with Gasteiger partial charge in [0.25, 0.3) is 0 Å². The molecule has 1 N–H and O–H groups in total. The fraction of sp³-hybridized carbons (Fsp3) is 0.455. The first-order chi connectivity index (χ1) is 6.58. The Bertz CT molecular complexity index is 297. The van der Waals surface area contributed by atoms with Gasteiger partial charge in [-0.15, -0.1) is 0 Å². The highest BCUT2D eigenvalue weighted by Crippen LogP contribution is 2.30. The van der Waals surface area contributed by atoms with Crippen molar-refractivity contribution < 1.29 is 9.84 Å². The molecule has 1 rings (SSSR count). The minimum Gasteiger partial charge on any atom is -0.385 e. The monoisotopic (exact) mass is 214 g/mol. The topological polar surface area (TPSA) is 29.5 Å². The first kappa shape index (κ1) is 11.5. The fourth-order valence-corrected chi connectivity index (χ4v) is 1.67. The van der Waals surface area contributed by atoms with E-state index in [1.165, 1.54) is 0 Å². The lowest BCUT2D eigenvalue weighted by Crippen LogP contribution is -2.23. The summed E-state index contributed by atoms with van der Waals surface area (Å²) in [4.78, 5) is 0. The maximum absolute atomic E-state index is 10.1. The Balaban J connectivity index is 2.86. The summed E-state index contributed by atoms with van der Waals surface area (Å²) in [6.45, 7) is 2.26. The van der Waals surface area contributed by atoms with Crippen molar-refractivity contribution in [2.75, 3.05) is 13.7 Å². The van der Waals surface area contributed by atoms with Gasteiger partial charge in [-0.3, -0.25) is 0 Å². The quantitative estimate of drug-likeness (QED) is 0.835. The molecule has 0 spiro atoms. The second kappa shape index (κ2) is 4.78. The third-order valence-electron chi connectivity index (χ3n) is 2.25. The average molecular weight is 215 g/mol. The summed E-state index contributed by atoms with van der Waals surface area (Å²) >= 11 is 5.99. The second-order valence-corrected chi connectivity index (χ2v) is 3.90. The minimum atomic E-state index is -0.922. The predicted octanol–water partition coefficient (Wildman–Crippen LogP) is 2.58. The van der Waals surface area contributed by atoms with Gasteiger partial charge >= 0.3 is 0 Å². The van der Waals surface area contributed by atoms with E-state index < -0.39 is 5.60 Å². The molecule has 0 saturated heterocycles. The molecule has 0 amide bonds. The molecule has 2 nitrogen and oxygen atoms in total. The van der Waals surface area contributed by atoms with Gasteiger partial charge in [-0.25, -0.2) is 0 Å². The number of hydrogen-bond donors (Lipinski definition) is 1. The van der Waals surface area contributed by atoms with Crippen LogP contribution in [-0.4, -0.2) is 18.8 Å². The van der Waals surface area contributed by atoms with Gasteiger partial charge in [0, 0.05) is 30.7 Å². The van der Waals surface area contributed by atoms with Crippen LogP contribution in [0.1, 0.15) is 18.9 Å². The van der Waals surface area contributed by atoms with E-state index in [2.05, 4.69) is 0 Å². The van der Waals surface area contributed by atoms with Gasteiger partial charge in [0.1, 0.15) is 0 Å². The molecular weight excluding hydrogens is 200 g/mol. The Morgan fingerprint density at radius 1 is 1.43 bits per heavy atom. The van der Waals surface area contributed by atoms with Crippen LogP contribution in [0.5, 0.6) is 0 Å². The summed E-state index contributed by atoms with van der Waals surface area (Å²) in [7, 11) is 1.61. The molecule has 0 bridgehead atoms. The highest BCUT2D eigenvalue weighted by atomic mass is 35.5. The van der Waals surface area contributed by atoms with E-state index in [4.69, 9.17) is 16.3 Å². The number of halogens is 1. The molecule has 78 valence electrons. The van der Waals surface area contributed by atoms with Gasteiger partial charge in [-0.1, -0.05) is 29.8 Å². The second-order valence-electron chi connectivity index (χ2n) is 3.50. The number of hydrogen-bond acceptors (Lipinski definition) is 2. The highest BCUT2D eigenvalue weighted by molar-refractivity contribution is 6.31. The lowest BCUT2D eigenvalue weighted by molar-refractivity contribution is 0.0211. The Morgan fingerprint density at radius 3 is 2.64 bits per heavy atom. The number of ether oxygens (including phenoxy) is 1. The van der Waals surface area contributed by atoms with Crippen LogP contribution < -0.4 is 0 Å². The van der Waals surface area contributed by atoms with Crippen LogP contribution >= 0.6 is 11.6 Å². The molecule has 0 aliphatic carbocycles. The van der Waals surface area contributed by atoms with Crippen molar-refractivity contribution in [2.24, 2.45) is 0 Å². The van der Waals surface area contributed by atoms with Crippen LogP contribution in [0, 0.1) is 0 Å². The molecule has 0 fully saturated rings. The van der Waals surface area contributed by atoms with Gasteiger partial charge in [0.05, 0.1) is 5.60 Å². The summed E-state index contributed by atoms with van der Waals surface area (Å²) in [6, 6.07) is 7.32. The van der Waals surface area contributed by atoms with Crippen LogP contribution in [0.4, 0.5) is 0 Å². The number of aliphatic hydroxyl groups is 1. The van der Waals surface area contributed by atoms with Crippen molar-refractivity contribution in [3.05, 3.63) is 34.9 Å². The zero-order valence-electron chi connectivity index (χ0n) is 8.46. The summed E-state index contributed by atoms with van der Waals surface area (Å²) in [6.07, 6.45) is 0.535. The van der Waals surface area contributed by atoms with Gasteiger partial charge in [-0.2, -0.15) is 0 Å². The van der Waals surface area contributed by atoms with E-state index in [1.54, 1.807) is 20.1 Å². The Labute approximate surface area is 89.5 Å². The zero-order valence-corrected chi connectivity index (χ0v) is 9.21. The zero-order chi connectivity index (χ0) is 10.6. The highest BCUT2D eigenvalue weighted by Gasteiger charge is 2.24. The number of benzene rings is 1. The van der Waals surface area contributed by atoms with Crippen molar-refractivity contribution in [1.29, 1.82) is 0 Å². The van der Waals surface area contributed by atoms with Gasteiger partial charge in [0.15, 0.2) is 0 Å². The van der Waals surface area contributed by atoms with Crippen molar-refractivity contribution in [1.82, 2.24) is 0 Å². The standard InChI is InChI=1S/C11H15ClO2/c1-11(13,7-8-14-2)9-5-3-4-6-10(9)12/h3-6,13H,7-8H2,1-2H3. The van der Waals surface area contributed by atoms with Crippen molar-refractivity contribution in [2.45, 2.75) is 18.9 Å². The molecule has 0 radical (unpaired) electrons. The van der Waals surface area contributed by atoms with Crippen molar-refractivity contribution in [3.63, 3.8) is 0 Å². The molecule has 1 unspecified atom stereocenters. The third kappa shape index (κ3) is 2.71. The van der Waals surface area contributed by atoms with E-state index in [1.807, 2.05) is 18.2 Å². The Hall–Kier alpha value is -0.570. The van der Waals surface area contributed by atoms with Gasteiger partial charge in [0.2, 0.25) is 0 Å². The van der Waals surface area contributed by atoms with Gasteiger partial charge in [-0.05, 0) is 13.0 Å². The Kier molecular flexibility index (Phi) is 3.93. The Morgan fingerprint density at radius 2 is 2.07 bits per heavy atom. The largest absolute Gasteiger partial charge is 0.385 e. The summed E-state index contributed by atoms with van der Waals surface area (Å²) in [5.41, 5.74) is -0.173. The molecule has 3 heteroatoms. The summed E-state index contributed by atoms with van der Waals surface area (Å²) in [5, 5.41) is 10.7. The molecule has 0 saturated carbocycles. The molecule has 0 aromatic heterocycles. The molecule has 14 heavy (non-hydrogen) atoms. The van der Waals surface area contributed by atoms with Crippen LogP contribution in [0.25, 0.3) is 0 Å². The molecule has 0 aliphatic rings. The first-order valence-corrected chi connectivity index (χ1v) is 4.92. The predicted molar refractivity (Wildman–Crippen MR) is 57.5 cm³/mol. The fourth-order valence-electron chi connectivity index (χ4n) is 1.33. The lowest BCUT2D eigenvalue weighted by Gasteiger charge is -2.24. The van der Waals surface area contributed by atoms with E-state index in [9.17, 15) is 5.11 Å². The maximum atomic E-state index is 10.1. The van der Waals surface area contributed by atoms with Crippen LogP contribution in [0.3, 0.4) is 0 Å². The number of methoxy groups -OCH3 is 1. The third-order valence-corrected chi connectivity index (χ3v) is 2.58. The molecule has 1 atom stereocenters. The molecule has 1 aromatic rings. The van der Waals surface area contributed by atoms with Crippen molar-refractivity contribution in [3.8, 4) is 0 Å². The lowest BCUT2D eigenvalue weighted by atomic mass is 9.93. The van der Waals surface area contributed by atoms with Crippen molar-refractivity contribution >= 4 is 11.6 Å². The van der Waals surface area contributed by atoms with Crippen LogP contribution in [0.2, 0.25) is 5.02 Å². The van der Waals surface area contributed by atoms with E-state index >= 15 is 0 Å². The normalized spacial score (nSPS) is 15.1. The average Bonchev–Trinajstić information content (AvgIpc) is 2.15. The van der Waals surface area contributed by atoms with Gasteiger partial charge < -0.3 is 9.84 Å². The minimum absolute atomic E-state index is 0.512. The van der Waals surface area contributed by atoms with E-state index in [0.717, 1.165) is 5.56 Å². The molecule has 1 aromatic carbocycles. The van der Waals surface area contributed by atoms with Crippen LogP contribution in [-0.2, 0) is 10.3 Å². The maximum Gasteiger partial charge on any atom is 0.0904 e. The molecular formula is C11H15ClO2. The smallest absolute Gasteiger partial charge is 0.0904 e. The SMILES string of the molecule is COCCC(C)(O)c1ccccc1Cl. The van der Waals surface area contributed by atoms with E-state index in [-0.39, 0.29) is 0 Å². The van der Waals surface area contributed by atoms with Crippen LogP contribution in [0.15, 0.2) is 24.3 Å². The molecule has 0 heterocycles.